The molecular formula is C30H36O11. The van der Waals surface area contributed by atoms with Crippen LogP contribution in [0.25, 0.3) is 11.1 Å². The fourth-order valence-electron chi connectivity index (χ4n) is 5.32. The Bertz CT molecular complexity index is 1390. The highest BCUT2D eigenvalue weighted by Crippen LogP contribution is 2.61. The van der Waals surface area contributed by atoms with Gasteiger partial charge in [-0.1, -0.05) is 13.0 Å². The first-order valence-electron chi connectivity index (χ1n) is 13.0. The van der Waals surface area contributed by atoms with Crippen molar-refractivity contribution in [1.82, 2.24) is 0 Å². The normalized spacial score (nSPS) is 22.9. The third kappa shape index (κ3) is 4.88. The summed E-state index contributed by atoms with van der Waals surface area (Å²) >= 11 is 0. The lowest BCUT2D eigenvalue weighted by molar-refractivity contribution is -0.182. The van der Waals surface area contributed by atoms with Crippen LogP contribution in [0.1, 0.15) is 58.0 Å². The van der Waals surface area contributed by atoms with Crippen molar-refractivity contribution in [2.75, 3.05) is 35.2 Å². The zero-order chi connectivity index (χ0) is 30.2. The van der Waals surface area contributed by atoms with Gasteiger partial charge in [0.25, 0.3) is 0 Å². The van der Waals surface area contributed by atoms with Crippen LogP contribution >= 0.6 is 0 Å². The minimum Gasteiger partial charge on any atom is -0.493 e. The Morgan fingerprint density at radius 2 is 1.56 bits per heavy atom. The molecule has 0 aromatic heterocycles. The third-order valence-electron chi connectivity index (χ3n) is 7.73. The predicted molar refractivity (Wildman–Crippen MR) is 147 cm³/mol. The van der Waals surface area contributed by atoms with E-state index in [-0.39, 0.29) is 29.8 Å². The molecule has 4 atom stereocenters. The first-order valence-corrected chi connectivity index (χ1v) is 13.0. The number of ether oxygens (including phenoxy) is 8. The van der Waals surface area contributed by atoms with E-state index in [1.165, 1.54) is 42.3 Å². The minimum absolute atomic E-state index is 0.0567. The second-order valence-electron chi connectivity index (χ2n) is 10.0. The highest BCUT2D eigenvalue weighted by atomic mass is 16.7. The second kappa shape index (κ2) is 11.4. The van der Waals surface area contributed by atoms with Gasteiger partial charge in [0.1, 0.15) is 11.7 Å². The van der Waals surface area contributed by atoms with Gasteiger partial charge in [-0.15, -0.1) is 0 Å². The Balaban J connectivity index is 2.25. The zero-order valence-corrected chi connectivity index (χ0v) is 24.7. The first kappa shape index (κ1) is 29.9. The van der Waals surface area contributed by atoms with Gasteiger partial charge in [0.15, 0.2) is 29.1 Å². The largest absolute Gasteiger partial charge is 0.493 e. The van der Waals surface area contributed by atoms with Gasteiger partial charge >= 0.3 is 11.9 Å². The molecule has 1 heterocycles. The molecule has 41 heavy (non-hydrogen) atoms. The van der Waals surface area contributed by atoms with Crippen molar-refractivity contribution in [3.8, 4) is 45.6 Å². The fourth-order valence-corrected chi connectivity index (χ4v) is 5.32. The SMILES string of the molecule is CC=C(C)C(=O)O[C@H]1c2cc(OC)c(OC)c(OC)c2-c2c(cc3c(c2OC)OCO3)[C@H](OC(C)=O)[C@H](C)[C@]1(C)O. The van der Waals surface area contributed by atoms with Gasteiger partial charge in [0.05, 0.1) is 28.4 Å². The molecule has 2 aliphatic rings. The maximum Gasteiger partial charge on any atom is 0.334 e. The number of rotatable bonds is 7. The molecule has 222 valence electrons. The topological polar surface area (TPSA) is 128 Å². The summed E-state index contributed by atoms with van der Waals surface area (Å²) < 4.78 is 46.6. The molecule has 11 heteroatoms. The van der Waals surface area contributed by atoms with Crippen molar-refractivity contribution in [2.45, 2.75) is 52.4 Å². The van der Waals surface area contributed by atoms with Gasteiger partial charge in [-0.05, 0) is 32.9 Å². The van der Waals surface area contributed by atoms with Crippen molar-refractivity contribution in [2.24, 2.45) is 5.92 Å². The number of carbonyl (C=O) groups excluding carboxylic acids is 2. The molecule has 2 aromatic carbocycles. The molecule has 0 saturated carbocycles. The summed E-state index contributed by atoms with van der Waals surface area (Å²) in [6.45, 7) is 7.78. The number of carbonyl (C=O) groups is 2. The maximum atomic E-state index is 13.2. The molecule has 0 unspecified atom stereocenters. The van der Waals surface area contributed by atoms with Crippen LogP contribution in [-0.4, -0.2) is 57.9 Å². The van der Waals surface area contributed by atoms with Crippen LogP contribution in [0.4, 0.5) is 0 Å². The van der Waals surface area contributed by atoms with Crippen molar-refractivity contribution in [3.05, 3.63) is 34.9 Å². The molecule has 1 aliphatic carbocycles. The average Bonchev–Trinajstić information content (AvgIpc) is 3.43. The number of allylic oxidation sites excluding steroid dienone is 1. The highest BCUT2D eigenvalue weighted by Gasteiger charge is 2.51. The molecule has 0 radical (unpaired) electrons. The van der Waals surface area contributed by atoms with E-state index in [1.54, 1.807) is 39.0 Å². The molecule has 0 saturated heterocycles. The number of esters is 2. The molecule has 1 aliphatic heterocycles. The Morgan fingerprint density at radius 1 is 0.927 bits per heavy atom. The van der Waals surface area contributed by atoms with Gasteiger partial charge in [-0.3, -0.25) is 4.79 Å². The van der Waals surface area contributed by atoms with Gasteiger partial charge < -0.3 is 43.0 Å². The standard InChI is InChI=1S/C30H36O11/c1-10-14(2)29(32)41-28-18-12-19(34-6)24(35-7)26(36-8)22(18)21-17(11-20-25(27(21)37-9)39-13-38-20)23(40-16(4)31)15(3)30(28,5)33/h10-12,15,23,28,33H,13H2,1-9H3/t15-,23+,28-,30-/m0/s1. The summed E-state index contributed by atoms with van der Waals surface area (Å²) in [7, 11) is 5.84. The number of aliphatic hydroxyl groups is 1. The summed E-state index contributed by atoms with van der Waals surface area (Å²) in [5.41, 5.74) is 0.105. The van der Waals surface area contributed by atoms with E-state index < -0.39 is 35.7 Å². The molecule has 0 spiro atoms. The number of fused-ring (bicyclic) bond motifs is 4. The number of benzene rings is 2. The van der Waals surface area contributed by atoms with Gasteiger partial charge in [0, 0.05) is 40.7 Å². The van der Waals surface area contributed by atoms with E-state index in [9.17, 15) is 14.7 Å². The fraction of sp³-hybridized carbons (Fsp3) is 0.467. The Hall–Kier alpha value is -4.12. The minimum atomic E-state index is -1.80. The van der Waals surface area contributed by atoms with E-state index in [1.807, 2.05) is 0 Å². The zero-order valence-electron chi connectivity index (χ0n) is 24.7. The first-order chi connectivity index (χ1) is 19.5. The van der Waals surface area contributed by atoms with Crippen LogP contribution in [0.5, 0.6) is 34.5 Å². The van der Waals surface area contributed by atoms with Crippen molar-refractivity contribution < 1.29 is 52.6 Å². The van der Waals surface area contributed by atoms with Crippen molar-refractivity contribution in [3.63, 3.8) is 0 Å². The van der Waals surface area contributed by atoms with Crippen LogP contribution in [0.3, 0.4) is 0 Å². The summed E-state index contributed by atoms with van der Waals surface area (Å²) in [4.78, 5) is 25.7. The monoisotopic (exact) mass is 572 g/mol. The summed E-state index contributed by atoms with van der Waals surface area (Å²) in [6.07, 6.45) is -0.735. The van der Waals surface area contributed by atoms with E-state index in [2.05, 4.69) is 0 Å². The van der Waals surface area contributed by atoms with Crippen LogP contribution in [0.2, 0.25) is 0 Å². The Labute approximate surface area is 238 Å². The molecule has 0 amide bonds. The molecule has 2 aromatic rings. The molecule has 0 fully saturated rings. The number of hydrogen-bond donors (Lipinski definition) is 1. The number of methoxy groups -OCH3 is 4. The van der Waals surface area contributed by atoms with Crippen LogP contribution in [0.15, 0.2) is 23.8 Å². The van der Waals surface area contributed by atoms with Crippen molar-refractivity contribution in [1.29, 1.82) is 0 Å². The lowest BCUT2D eigenvalue weighted by Gasteiger charge is -2.43. The van der Waals surface area contributed by atoms with Gasteiger partial charge in [0.2, 0.25) is 18.3 Å². The van der Waals surface area contributed by atoms with Crippen molar-refractivity contribution >= 4 is 11.9 Å². The van der Waals surface area contributed by atoms with E-state index in [0.29, 0.717) is 39.3 Å². The quantitative estimate of drug-likeness (QED) is 0.367. The van der Waals surface area contributed by atoms with Crippen LogP contribution in [0, 0.1) is 5.92 Å². The van der Waals surface area contributed by atoms with E-state index in [0.717, 1.165) is 0 Å². The Kier molecular flexibility index (Phi) is 8.30. The molecular weight excluding hydrogens is 536 g/mol. The summed E-state index contributed by atoms with van der Waals surface area (Å²) in [6, 6.07) is 3.32. The molecule has 4 rings (SSSR count). The third-order valence-corrected chi connectivity index (χ3v) is 7.73. The Morgan fingerprint density at radius 3 is 2.12 bits per heavy atom. The predicted octanol–water partition coefficient (Wildman–Crippen LogP) is 4.67. The molecule has 11 nitrogen and oxygen atoms in total. The smallest absolute Gasteiger partial charge is 0.334 e. The molecule has 1 N–H and O–H groups in total. The van der Waals surface area contributed by atoms with Crippen LogP contribution < -0.4 is 28.4 Å². The average molecular weight is 573 g/mol. The van der Waals surface area contributed by atoms with Gasteiger partial charge in [-0.2, -0.15) is 0 Å². The second-order valence-corrected chi connectivity index (χ2v) is 10.0. The van der Waals surface area contributed by atoms with Gasteiger partial charge in [-0.25, -0.2) is 4.79 Å². The highest BCUT2D eigenvalue weighted by molar-refractivity contribution is 5.91. The van der Waals surface area contributed by atoms with E-state index in [4.69, 9.17) is 37.9 Å². The maximum absolute atomic E-state index is 13.2. The summed E-state index contributed by atoms with van der Waals surface area (Å²) in [5.74, 6) is -0.373. The van der Waals surface area contributed by atoms with Crippen LogP contribution in [-0.2, 0) is 19.1 Å². The lowest BCUT2D eigenvalue weighted by Crippen LogP contribution is -2.46. The summed E-state index contributed by atoms with van der Waals surface area (Å²) in [5, 5.41) is 12.3. The number of hydrogen-bond acceptors (Lipinski definition) is 11. The molecule has 0 bridgehead atoms. The lowest BCUT2D eigenvalue weighted by atomic mass is 9.71. The van der Waals surface area contributed by atoms with E-state index >= 15 is 0 Å².